The van der Waals surface area contributed by atoms with Crippen LogP contribution in [-0.2, 0) is 5.41 Å². The first kappa shape index (κ1) is 16.6. The second kappa shape index (κ2) is 6.25. The van der Waals surface area contributed by atoms with Crippen molar-refractivity contribution in [3.8, 4) is 11.1 Å². The summed E-state index contributed by atoms with van der Waals surface area (Å²) in [5.74, 6) is 0. The Morgan fingerprint density at radius 3 is 1.70 bits per heavy atom. The zero-order chi connectivity index (χ0) is 18.4. The molecule has 0 heterocycles. The fraction of sp³-hybridized carbons (Fsp3) is 0.0400. The second-order valence-electron chi connectivity index (χ2n) is 6.98. The van der Waals surface area contributed by atoms with E-state index in [1.807, 2.05) is 6.07 Å². The van der Waals surface area contributed by atoms with Gasteiger partial charge in [0.15, 0.2) is 0 Å². The lowest BCUT2D eigenvalue weighted by Crippen LogP contribution is -2.29. The van der Waals surface area contributed by atoms with E-state index in [0.717, 1.165) is 9.94 Å². The average Bonchev–Trinajstić information content (AvgIpc) is 2.99. The Bertz CT molecular complexity index is 1040. The smallest absolute Gasteiger partial charge is 0.0963 e. The number of hydrogen-bond donors (Lipinski definition) is 0. The summed E-state index contributed by atoms with van der Waals surface area (Å²) in [7, 11) is 6.26. The Labute approximate surface area is 169 Å². The van der Waals surface area contributed by atoms with Crippen molar-refractivity contribution in [3.05, 3.63) is 124 Å². The molecule has 1 aliphatic carbocycles. The molecule has 0 amide bonds. The van der Waals surface area contributed by atoms with Gasteiger partial charge in [0.2, 0.25) is 0 Å². The van der Waals surface area contributed by atoms with Gasteiger partial charge in [-0.15, -0.1) is 0 Å². The molecule has 4 aromatic rings. The van der Waals surface area contributed by atoms with Gasteiger partial charge in [-0.1, -0.05) is 106 Å². The van der Waals surface area contributed by atoms with Crippen molar-refractivity contribution in [2.75, 3.05) is 0 Å². The maximum Gasteiger partial charge on any atom is 0.113 e. The number of hydrogen-bond acceptors (Lipinski definition) is 0. The molecule has 2 heteroatoms. The van der Waals surface area contributed by atoms with Crippen molar-refractivity contribution >= 4 is 29.2 Å². The molecule has 0 unspecified atom stereocenters. The van der Waals surface area contributed by atoms with Crippen LogP contribution >= 0.6 is 15.9 Å². The fourth-order valence-corrected chi connectivity index (χ4v) is 4.84. The minimum Gasteiger partial charge on any atom is -0.0963 e. The SMILES string of the molecule is [B]c1ccc2c(c1)C(c1ccccc1)(c1ccccc1)c1cc(Br)ccc1-2. The maximum absolute atomic E-state index is 6.26. The standard InChI is InChI=1S/C25H16BBr/c26-19-11-13-21-22-14-12-20(27)16-24(22)25(23(21)15-19,17-7-3-1-4-8-17)18-9-5-2-6-10-18/h1-16H. The normalized spacial score (nSPS) is 13.8. The van der Waals surface area contributed by atoms with Crippen LogP contribution in [0.3, 0.4) is 0 Å². The first-order chi connectivity index (χ1) is 13.2. The van der Waals surface area contributed by atoms with Gasteiger partial charge in [-0.25, -0.2) is 0 Å². The van der Waals surface area contributed by atoms with Crippen LogP contribution < -0.4 is 5.46 Å². The molecule has 0 atom stereocenters. The number of benzene rings is 4. The van der Waals surface area contributed by atoms with Gasteiger partial charge in [-0.3, -0.25) is 0 Å². The van der Waals surface area contributed by atoms with Gasteiger partial charge in [0, 0.05) is 4.47 Å². The topological polar surface area (TPSA) is 0 Å². The molecule has 0 aliphatic heterocycles. The minimum atomic E-state index is -0.383. The molecule has 1 aliphatic rings. The fourth-order valence-electron chi connectivity index (χ4n) is 4.48. The van der Waals surface area contributed by atoms with E-state index in [-0.39, 0.29) is 5.41 Å². The average molecular weight is 407 g/mol. The predicted octanol–water partition coefficient (Wildman–Crippen LogP) is 5.61. The van der Waals surface area contributed by atoms with Gasteiger partial charge in [0.1, 0.15) is 7.85 Å². The molecular formula is C25H16BBr. The third kappa shape index (κ3) is 2.37. The van der Waals surface area contributed by atoms with Crippen molar-refractivity contribution in [1.29, 1.82) is 0 Å². The monoisotopic (exact) mass is 406 g/mol. The van der Waals surface area contributed by atoms with E-state index in [1.54, 1.807) is 0 Å². The third-order valence-corrected chi connectivity index (χ3v) is 6.03. The molecule has 0 nitrogen and oxygen atoms in total. The number of fused-ring (bicyclic) bond motifs is 3. The van der Waals surface area contributed by atoms with Gasteiger partial charge in [0.05, 0.1) is 5.41 Å². The van der Waals surface area contributed by atoms with Gasteiger partial charge in [0.25, 0.3) is 0 Å². The van der Waals surface area contributed by atoms with E-state index in [1.165, 1.54) is 33.4 Å². The number of rotatable bonds is 2. The van der Waals surface area contributed by atoms with E-state index in [0.29, 0.717) is 0 Å². The van der Waals surface area contributed by atoms with E-state index < -0.39 is 0 Å². The van der Waals surface area contributed by atoms with Gasteiger partial charge in [-0.05, 0) is 45.5 Å². The second-order valence-corrected chi connectivity index (χ2v) is 7.89. The quantitative estimate of drug-likeness (QED) is 0.334. The molecule has 0 aromatic heterocycles. The molecule has 0 bridgehead atoms. The summed E-state index contributed by atoms with van der Waals surface area (Å²) in [6.45, 7) is 0. The maximum atomic E-state index is 6.26. The zero-order valence-corrected chi connectivity index (χ0v) is 16.3. The molecule has 0 fully saturated rings. The Morgan fingerprint density at radius 1 is 0.593 bits per heavy atom. The first-order valence-corrected chi connectivity index (χ1v) is 9.82. The van der Waals surface area contributed by atoms with Crippen LogP contribution in [-0.4, -0.2) is 7.85 Å². The molecule has 27 heavy (non-hydrogen) atoms. The first-order valence-electron chi connectivity index (χ1n) is 9.03. The Kier molecular flexibility index (Phi) is 3.84. The van der Waals surface area contributed by atoms with Crippen LogP contribution in [0.5, 0.6) is 0 Å². The Morgan fingerprint density at radius 2 is 1.11 bits per heavy atom. The van der Waals surface area contributed by atoms with Gasteiger partial charge < -0.3 is 0 Å². The molecule has 0 spiro atoms. The van der Waals surface area contributed by atoms with Crippen LogP contribution in [0.2, 0.25) is 0 Å². The highest BCUT2D eigenvalue weighted by Gasteiger charge is 2.46. The lowest BCUT2D eigenvalue weighted by molar-refractivity contribution is 0.768. The van der Waals surface area contributed by atoms with Crippen LogP contribution in [0, 0.1) is 0 Å². The molecule has 0 saturated carbocycles. The van der Waals surface area contributed by atoms with Crippen molar-refractivity contribution in [2.24, 2.45) is 0 Å². The van der Waals surface area contributed by atoms with Crippen LogP contribution in [0.4, 0.5) is 0 Å². The van der Waals surface area contributed by atoms with Crippen molar-refractivity contribution < 1.29 is 0 Å². The third-order valence-electron chi connectivity index (χ3n) is 5.54. The summed E-state index contributed by atoms with van der Waals surface area (Å²) < 4.78 is 1.08. The van der Waals surface area contributed by atoms with Gasteiger partial charge in [-0.2, -0.15) is 0 Å². The highest BCUT2D eigenvalue weighted by atomic mass is 79.9. The van der Waals surface area contributed by atoms with Crippen LogP contribution in [0.25, 0.3) is 11.1 Å². The van der Waals surface area contributed by atoms with E-state index >= 15 is 0 Å². The van der Waals surface area contributed by atoms with Gasteiger partial charge >= 0.3 is 0 Å². The summed E-state index contributed by atoms with van der Waals surface area (Å²) in [5, 5.41) is 0. The predicted molar refractivity (Wildman–Crippen MR) is 117 cm³/mol. The van der Waals surface area contributed by atoms with Crippen LogP contribution in [0.1, 0.15) is 22.3 Å². The molecule has 0 saturated heterocycles. The summed E-state index contributed by atoms with van der Waals surface area (Å²) in [6, 6.07) is 34.3. The molecule has 126 valence electrons. The zero-order valence-electron chi connectivity index (χ0n) is 14.7. The highest BCUT2D eigenvalue weighted by molar-refractivity contribution is 9.10. The lowest BCUT2D eigenvalue weighted by atomic mass is 9.67. The van der Waals surface area contributed by atoms with E-state index in [9.17, 15) is 0 Å². The molecule has 4 aromatic carbocycles. The Balaban J connectivity index is 2.00. The van der Waals surface area contributed by atoms with Crippen molar-refractivity contribution in [2.45, 2.75) is 5.41 Å². The van der Waals surface area contributed by atoms with Crippen LogP contribution in [0.15, 0.2) is 102 Å². The largest absolute Gasteiger partial charge is 0.113 e. The minimum absolute atomic E-state index is 0.383. The molecular weight excluding hydrogens is 391 g/mol. The number of halogens is 1. The molecule has 0 N–H and O–H groups in total. The summed E-state index contributed by atoms with van der Waals surface area (Å²) in [5.41, 5.74) is 7.95. The van der Waals surface area contributed by atoms with E-state index in [4.69, 9.17) is 7.85 Å². The highest BCUT2D eigenvalue weighted by Crippen LogP contribution is 2.56. The van der Waals surface area contributed by atoms with E-state index in [2.05, 4.69) is 107 Å². The summed E-state index contributed by atoms with van der Waals surface area (Å²) in [4.78, 5) is 0. The summed E-state index contributed by atoms with van der Waals surface area (Å²) in [6.07, 6.45) is 0. The Hall–Kier alpha value is -2.58. The molecule has 5 rings (SSSR count). The van der Waals surface area contributed by atoms with Crippen molar-refractivity contribution in [3.63, 3.8) is 0 Å². The lowest BCUT2D eigenvalue weighted by Gasteiger charge is -2.34. The molecule has 2 radical (unpaired) electrons. The summed E-state index contributed by atoms with van der Waals surface area (Å²) >= 11 is 3.70. The van der Waals surface area contributed by atoms with Crippen molar-refractivity contribution in [1.82, 2.24) is 0 Å².